The van der Waals surface area contributed by atoms with E-state index in [2.05, 4.69) is 0 Å². The molecule has 0 aromatic heterocycles. The lowest BCUT2D eigenvalue weighted by molar-refractivity contribution is -0.151. The minimum absolute atomic E-state index is 0.131. The molecule has 1 heterocycles. The highest BCUT2D eigenvalue weighted by atomic mass is 35.5. The molecule has 0 saturated carbocycles. The van der Waals surface area contributed by atoms with Crippen LogP contribution in [0.3, 0.4) is 0 Å². The number of carbonyl (C=O) groups is 2. The molecule has 0 amide bonds. The van der Waals surface area contributed by atoms with Crippen molar-refractivity contribution in [3.63, 3.8) is 0 Å². The molecule has 32 heavy (non-hydrogen) atoms. The minimum Gasteiger partial charge on any atom is -0.474 e. The van der Waals surface area contributed by atoms with E-state index in [0.717, 1.165) is 0 Å². The molecule has 1 aliphatic rings. The lowest BCUT2D eigenvalue weighted by Crippen LogP contribution is -2.21. The standard InChI is InChI=1S/C25H18Cl2O5/c1-2-30-25(29)24(15-6-4-3-5-7-15)31-18-10-11-19-21(14-18)32-22(23(19)28)12-16-8-9-17(26)13-20(16)27/h3-14,24H,2H2,1H3/b22-12-/t24-/m0/s1. The van der Waals surface area contributed by atoms with Crippen LogP contribution in [0, 0.1) is 0 Å². The Morgan fingerprint density at radius 1 is 1.06 bits per heavy atom. The molecule has 3 aromatic rings. The highest BCUT2D eigenvalue weighted by Gasteiger charge is 2.29. The fourth-order valence-corrected chi connectivity index (χ4v) is 3.70. The van der Waals surface area contributed by atoms with Gasteiger partial charge in [0, 0.05) is 21.7 Å². The topological polar surface area (TPSA) is 61.8 Å². The van der Waals surface area contributed by atoms with Gasteiger partial charge in [0.25, 0.3) is 0 Å². The molecular weight excluding hydrogens is 451 g/mol. The molecule has 0 aliphatic carbocycles. The van der Waals surface area contributed by atoms with Crippen molar-refractivity contribution < 1.29 is 23.8 Å². The van der Waals surface area contributed by atoms with Crippen LogP contribution in [0.1, 0.15) is 34.5 Å². The van der Waals surface area contributed by atoms with Crippen LogP contribution >= 0.6 is 23.2 Å². The summed E-state index contributed by atoms with van der Waals surface area (Å²) in [4.78, 5) is 25.2. The van der Waals surface area contributed by atoms with Crippen LogP contribution in [-0.2, 0) is 9.53 Å². The quantitative estimate of drug-likeness (QED) is 0.314. The first-order valence-electron chi connectivity index (χ1n) is 9.88. The number of benzene rings is 3. The van der Waals surface area contributed by atoms with Crippen molar-refractivity contribution >= 4 is 41.0 Å². The van der Waals surface area contributed by atoms with E-state index in [0.29, 0.717) is 38.2 Å². The Labute approximate surface area is 195 Å². The maximum atomic E-state index is 12.8. The van der Waals surface area contributed by atoms with Gasteiger partial charge in [-0.2, -0.15) is 0 Å². The molecule has 1 aliphatic heterocycles. The van der Waals surface area contributed by atoms with Crippen LogP contribution in [0.5, 0.6) is 11.5 Å². The van der Waals surface area contributed by atoms with Crippen LogP contribution in [0.2, 0.25) is 10.0 Å². The Kier molecular flexibility index (Phi) is 6.49. The summed E-state index contributed by atoms with van der Waals surface area (Å²) in [7, 11) is 0. The van der Waals surface area contributed by atoms with E-state index in [9.17, 15) is 9.59 Å². The molecule has 162 valence electrons. The predicted molar refractivity (Wildman–Crippen MR) is 122 cm³/mol. The van der Waals surface area contributed by atoms with Gasteiger partial charge >= 0.3 is 5.97 Å². The van der Waals surface area contributed by atoms with E-state index in [-0.39, 0.29) is 18.1 Å². The number of esters is 1. The molecule has 0 bridgehead atoms. The number of ketones is 1. The van der Waals surface area contributed by atoms with Gasteiger partial charge in [-0.1, -0.05) is 59.6 Å². The summed E-state index contributed by atoms with van der Waals surface area (Å²) in [5, 5.41) is 0.900. The summed E-state index contributed by atoms with van der Waals surface area (Å²) in [6, 6.07) is 18.8. The normalized spacial score (nSPS) is 14.6. The summed E-state index contributed by atoms with van der Waals surface area (Å²) < 4.78 is 16.9. The Hall–Kier alpha value is -3.28. The summed E-state index contributed by atoms with van der Waals surface area (Å²) in [6.07, 6.45) is 0.613. The SMILES string of the molecule is CCOC(=O)[C@@H](Oc1ccc2c(c1)O/C(=C\c1ccc(Cl)cc1Cl)C2=O)c1ccccc1. The lowest BCUT2D eigenvalue weighted by atomic mass is 10.1. The molecule has 7 heteroatoms. The third kappa shape index (κ3) is 4.64. The third-order valence-electron chi connectivity index (χ3n) is 4.75. The van der Waals surface area contributed by atoms with Crippen LogP contribution in [0.4, 0.5) is 0 Å². The highest BCUT2D eigenvalue weighted by Crippen LogP contribution is 2.37. The Bertz CT molecular complexity index is 1200. The van der Waals surface area contributed by atoms with Gasteiger partial charge in [0.15, 0.2) is 5.76 Å². The number of rotatable bonds is 6. The van der Waals surface area contributed by atoms with E-state index in [1.54, 1.807) is 61.5 Å². The minimum atomic E-state index is -0.950. The molecule has 0 unspecified atom stereocenters. The molecule has 3 aromatic carbocycles. The van der Waals surface area contributed by atoms with Gasteiger partial charge in [-0.05, 0) is 42.8 Å². The number of hydrogen-bond donors (Lipinski definition) is 0. The van der Waals surface area contributed by atoms with Crippen LogP contribution in [-0.4, -0.2) is 18.4 Å². The molecule has 0 fully saturated rings. The summed E-state index contributed by atoms with van der Waals surface area (Å²) in [6.45, 7) is 1.96. The number of fused-ring (bicyclic) bond motifs is 1. The van der Waals surface area contributed by atoms with Gasteiger partial charge in [-0.25, -0.2) is 4.79 Å². The van der Waals surface area contributed by atoms with Crippen LogP contribution in [0.25, 0.3) is 6.08 Å². The second-order valence-electron chi connectivity index (χ2n) is 6.92. The zero-order valence-corrected chi connectivity index (χ0v) is 18.5. The molecule has 0 radical (unpaired) electrons. The van der Waals surface area contributed by atoms with Crippen LogP contribution < -0.4 is 9.47 Å². The molecule has 0 N–H and O–H groups in total. The van der Waals surface area contributed by atoms with Gasteiger partial charge in [0.1, 0.15) is 11.5 Å². The number of carbonyl (C=O) groups excluding carboxylic acids is 2. The van der Waals surface area contributed by atoms with Crippen LogP contribution in [0.15, 0.2) is 72.5 Å². The zero-order valence-electron chi connectivity index (χ0n) is 17.0. The summed E-state index contributed by atoms with van der Waals surface area (Å²) >= 11 is 12.1. The fraction of sp³-hybridized carbons (Fsp3) is 0.120. The highest BCUT2D eigenvalue weighted by molar-refractivity contribution is 6.35. The molecule has 0 saturated heterocycles. The van der Waals surface area contributed by atoms with Crippen molar-refractivity contribution in [1.82, 2.24) is 0 Å². The number of halogens is 2. The maximum absolute atomic E-state index is 12.8. The Balaban J connectivity index is 1.60. The van der Waals surface area contributed by atoms with Crippen molar-refractivity contribution in [1.29, 1.82) is 0 Å². The maximum Gasteiger partial charge on any atom is 0.352 e. The van der Waals surface area contributed by atoms with Gasteiger partial charge in [0.2, 0.25) is 11.9 Å². The van der Waals surface area contributed by atoms with E-state index in [1.165, 1.54) is 0 Å². The molecule has 4 rings (SSSR count). The largest absolute Gasteiger partial charge is 0.474 e. The molecular formula is C25H18Cl2O5. The van der Waals surface area contributed by atoms with E-state index < -0.39 is 12.1 Å². The summed E-state index contributed by atoms with van der Waals surface area (Å²) in [5.74, 6) is 0.0480. The van der Waals surface area contributed by atoms with E-state index in [4.69, 9.17) is 37.4 Å². The van der Waals surface area contributed by atoms with Crippen molar-refractivity contribution in [2.75, 3.05) is 6.61 Å². The van der Waals surface area contributed by atoms with Crippen molar-refractivity contribution in [2.24, 2.45) is 0 Å². The number of hydrogen-bond acceptors (Lipinski definition) is 5. The first-order valence-corrected chi connectivity index (χ1v) is 10.6. The van der Waals surface area contributed by atoms with Gasteiger partial charge in [-0.15, -0.1) is 0 Å². The lowest BCUT2D eigenvalue weighted by Gasteiger charge is -2.18. The summed E-state index contributed by atoms with van der Waals surface area (Å²) in [5.41, 5.74) is 1.65. The Morgan fingerprint density at radius 3 is 2.56 bits per heavy atom. The average molecular weight is 469 g/mol. The first-order chi connectivity index (χ1) is 15.5. The third-order valence-corrected chi connectivity index (χ3v) is 5.31. The Morgan fingerprint density at radius 2 is 1.84 bits per heavy atom. The van der Waals surface area contributed by atoms with Crippen molar-refractivity contribution in [2.45, 2.75) is 13.0 Å². The van der Waals surface area contributed by atoms with E-state index in [1.807, 2.05) is 18.2 Å². The van der Waals surface area contributed by atoms with Gasteiger partial charge in [-0.3, -0.25) is 4.79 Å². The second kappa shape index (κ2) is 9.47. The van der Waals surface area contributed by atoms with Gasteiger partial charge < -0.3 is 14.2 Å². The average Bonchev–Trinajstić information content (AvgIpc) is 3.09. The number of ether oxygens (including phenoxy) is 3. The molecule has 5 nitrogen and oxygen atoms in total. The number of allylic oxidation sites excluding steroid dienone is 1. The fourth-order valence-electron chi connectivity index (χ4n) is 3.23. The first kappa shape index (κ1) is 21.9. The smallest absolute Gasteiger partial charge is 0.352 e. The van der Waals surface area contributed by atoms with Crippen molar-refractivity contribution in [3.05, 3.63) is 99.2 Å². The predicted octanol–water partition coefficient (Wildman–Crippen LogP) is 6.29. The number of Topliss-reactive ketones (excluding diaryl/α,β-unsaturated/α-hetero) is 1. The zero-order chi connectivity index (χ0) is 22.7. The monoisotopic (exact) mass is 468 g/mol. The van der Waals surface area contributed by atoms with Crippen molar-refractivity contribution in [3.8, 4) is 11.5 Å². The molecule has 0 spiro atoms. The second-order valence-corrected chi connectivity index (χ2v) is 7.77. The molecule has 1 atom stereocenters. The van der Waals surface area contributed by atoms with Gasteiger partial charge in [0.05, 0.1) is 12.2 Å². The van der Waals surface area contributed by atoms with E-state index >= 15 is 0 Å².